The molecule has 1 N–H and O–H groups in total. The number of hydrogen-bond donors (Lipinski definition) is 1. The number of aromatic amines is 1. The van der Waals surface area contributed by atoms with Gasteiger partial charge in [-0.1, -0.05) is 30.0 Å². The number of pyridine rings is 1. The highest BCUT2D eigenvalue weighted by atomic mass is 32.2. The average molecular weight is 311 g/mol. The van der Waals surface area contributed by atoms with E-state index in [0.29, 0.717) is 10.9 Å². The number of rotatable bonds is 3. The third kappa shape index (κ3) is 2.89. The summed E-state index contributed by atoms with van der Waals surface area (Å²) >= 11 is 1.59. The maximum absolute atomic E-state index is 12.1. The molecular weight excluding hydrogens is 298 g/mol. The van der Waals surface area contributed by atoms with Crippen molar-refractivity contribution in [2.24, 2.45) is 0 Å². The van der Waals surface area contributed by atoms with Gasteiger partial charge in [-0.25, -0.2) is 4.79 Å². The Kier molecular flexibility index (Phi) is 3.98. The van der Waals surface area contributed by atoms with Crippen LogP contribution in [0.3, 0.4) is 0 Å². The first-order chi connectivity index (χ1) is 10.7. The molecule has 1 heterocycles. The highest BCUT2D eigenvalue weighted by Crippen LogP contribution is 2.28. The van der Waals surface area contributed by atoms with E-state index in [4.69, 9.17) is 0 Å². The number of nitrogens with one attached hydrogen (secondary N) is 1. The van der Waals surface area contributed by atoms with Crippen molar-refractivity contribution in [3.8, 4) is 0 Å². The van der Waals surface area contributed by atoms with Gasteiger partial charge in [-0.3, -0.25) is 4.79 Å². The Hall–Kier alpha value is -2.53. The maximum Gasteiger partial charge on any atom is 0.354 e. The Labute approximate surface area is 131 Å². The molecule has 4 nitrogen and oxygen atoms in total. The van der Waals surface area contributed by atoms with E-state index in [0.717, 1.165) is 9.79 Å². The van der Waals surface area contributed by atoms with Gasteiger partial charge >= 0.3 is 5.97 Å². The van der Waals surface area contributed by atoms with Crippen molar-refractivity contribution >= 4 is 28.6 Å². The van der Waals surface area contributed by atoms with Crippen LogP contribution in [-0.4, -0.2) is 18.1 Å². The third-order valence-electron chi connectivity index (χ3n) is 3.19. The summed E-state index contributed by atoms with van der Waals surface area (Å²) in [6, 6.07) is 16.7. The van der Waals surface area contributed by atoms with Crippen molar-refractivity contribution < 1.29 is 9.53 Å². The zero-order chi connectivity index (χ0) is 15.5. The van der Waals surface area contributed by atoms with E-state index >= 15 is 0 Å². The molecule has 0 aliphatic rings. The monoisotopic (exact) mass is 311 g/mol. The van der Waals surface area contributed by atoms with Crippen LogP contribution in [0.5, 0.6) is 0 Å². The maximum atomic E-state index is 12.1. The molecule has 0 fully saturated rings. The number of fused-ring (bicyclic) bond motifs is 1. The number of carbonyl (C=O) groups excluding carboxylic acids is 1. The fourth-order valence-corrected chi connectivity index (χ4v) is 3.02. The van der Waals surface area contributed by atoms with E-state index in [1.807, 2.05) is 42.5 Å². The highest BCUT2D eigenvalue weighted by molar-refractivity contribution is 7.99. The molecule has 0 amide bonds. The lowest BCUT2D eigenvalue weighted by Gasteiger charge is -2.05. The fraction of sp³-hybridized carbons (Fsp3) is 0.0588. The molecule has 0 spiro atoms. The number of ether oxygens (including phenoxy) is 1. The van der Waals surface area contributed by atoms with Gasteiger partial charge in [0, 0.05) is 21.2 Å². The molecule has 0 bridgehead atoms. The molecule has 1 aromatic heterocycles. The van der Waals surface area contributed by atoms with Gasteiger partial charge in [-0.05, 0) is 30.3 Å². The van der Waals surface area contributed by atoms with Gasteiger partial charge in [0.25, 0.3) is 0 Å². The van der Waals surface area contributed by atoms with Crippen LogP contribution in [0.4, 0.5) is 0 Å². The molecule has 22 heavy (non-hydrogen) atoms. The molecule has 0 atom stereocenters. The minimum atomic E-state index is -0.555. The minimum absolute atomic E-state index is 0.155. The summed E-state index contributed by atoms with van der Waals surface area (Å²) in [5.74, 6) is -0.555. The van der Waals surface area contributed by atoms with Crippen molar-refractivity contribution in [3.05, 3.63) is 70.5 Å². The van der Waals surface area contributed by atoms with E-state index in [2.05, 4.69) is 9.72 Å². The average Bonchev–Trinajstić information content (AvgIpc) is 2.54. The van der Waals surface area contributed by atoms with Crippen molar-refractivity contribution in [2.45, 2.75) is 9.79 Å². The van der Waals surface area contributed by atoms with Crippen molar-refractivity contribution in [1.82, 2.24) is 4.98 Å². The SMILES string of the molecule is COC(=O)c1cc(=O)c2ccc(Sc3ccccc3)cc2[nH]1. The molecule has 0 unspecified atom stereocenters. The molecule has 0 aliphatic carbocycles. The number of methoxy groups -OCH3 is 1. The van der Waals surface area contributed by atoms with Crippen LogP contribution in [0.1, 0.15) is 10.5 Å². The van der Waals surface area contributed by atoms with Gasteiger partial charge in [0.1, 0.15) is 5.69 Å². The number of benzene rings is 2. The van der Waals surface area contributed by atoms with Crippen LogP contribution in [0, 0.1) is 0 Å². The molecule has 2 aromatic carbocycles. The first-order valence-corrected chi connectivity index (χ1v) is 7.47. The van der Waals surface area contributed by atoms with Crippen LogP contribution < -0.4 is 5.43 Å². The van der Waals surface area contributed by atoms with E-state index in [1.165, 1.54) is 13.2 Å². The largest absolute Gasteiger partial charge is 0.464 e. The number of carbonyl (C=O) groups is 1. The van der Waals surface area contributed by atoms with Gasteiger partial charge in [0.2, 0.25) is 0 Å². The Morgan fingerprint density at radius 2 is 1.82 bits per heavy atom. The smallest absolute Gasteiger partial charge is 0.354 e. The predicted octanol–water partition coefficient (Wildman–Crippen LogP) is 3.47. The second kappa shape index (κ2) is 6.07. The number of H-pyrrole nitrogens is 1. The van der Waals surface area contributed by atoms with E-state index in [-0.39, 0.29) is 11.1 Å². The molecule has 3 rings (SSSR count). The highest BCUT2D eigenvalue weighted by Gasteiger charge is 2.10. The van der Waals surface area contributed by atoms with Gasteiger partial charge in [-0.2, -0.15) is 0 Å². The first-order valence-electron chi connectivity index (χ1n) is 6.65. The summed E-state index contributed by atoms with van der Waals surface area (Å²) in [6.07, 6.45) is 0. The van der Waals surface area contributed by atoms with Crippen molar-refractivity contribution in [3.63, 3.8) is 0 Å². The molecule has 5 heteroatoms. The number of hydrogen-bond acceptors (Lipinski definition) is 4. The molecule has 110 valence electrons. The number of esters is 1. The van der Waals surface area contributed by atoms with Crippen LogP contribution in [0.2, 0.25) is 0 Å². The Morgan fingerprint density at radius 1 is 1.05 bits per heavy atom. The third-order valence-corrected chi connectivity index (χ3v) is 4.18. The second-order valence-corrected chi connectivity index (χ2v) is 5.81. The van der Waals surface area contributed by atoms with Crippen LogP contribution in [0.15, 0.2) is 69.2 Å². The lowest BCUT2D eigenvalue weighted by atomic mass is 10.2. The molecule has 0 saturated heterocycles. The Morgan fingerprint density at radius 3 is 2.55 bits per heavy atom. The predicted molar refractivity (Wildman–Crippen MR) is 86.5 cm³/mol. The van der Waals surface area contributed by atoms with Gasteiger partial charge < -0.3 is 9.72 Å². The van der Waals surface area contributed by atoms with Gasteiger partial charge in [0.05, 0.1) is 12.6 Å². The molecule has 3 aromatic rings. The molecular formula is C17H13NO3S. The summed E-state index contributed by atoms with van der Waals surface area (Å²) in [5.41, 5.74) is 0.570. The molecule has 0 saturated carbocycles. The number of aromatic nitrogens is 1. The van der Waals surface area contributed by atoms with E-state index in [9.17, 15) is 9.59 Å². The minimum Gasteiger partial charge on any atom is -0.464 e. The summed E-state index contributed by atoms with van der Waals surface area (Å²) in [6.45, 7) is 0. The van der Waals surface area contributed by atoms with Gasteiger partial charge in [-0.15, -0.1) is 0 Å². The summed E-state index contributed by atoms with van der Waals surface area (Å²) in [5, 5.41) is 0.546. The summed E-state index contributed by atoms with van der Waals surface area (Å²) in [7, 11) is 1.28. The van der Waals surface area contributed by atoms with Crippen molar-refractivity contribution in [1.29, 1.82) is 0 Å². The zero-order valence-electron chi connectivity index (χ0n) is 11.8. The van der Waals surface area contributed by atoms with Crippen LogP contribution in [-0.2, 0) is 4.74 Å². The molecule has 0 aliphatic heterocycles. The second-order valence-electron chi connectivity index (χ2n) is 4.66. The summed E-state index contributed by atoms with van der Waals surface area (Å²) < 4.78 is 4.65. The fourth-order valence-electron chi connectivity index (χ4n) is 2.14. The van der Waals surface area contributed by atoms with E-state index < -0.39 is 5.97 Å². The topological polar surface area (TPSA) is 59.2 Å². The van der Waals surface area contributed by atoms with Crippen LogP contribution >= 0.6 is 11.8 Å². The van der Waals surface area contributed by atoms with E-state index in [1.54, 1.807) is 17.8 Å². The Bertz CT molecular complexity index is 887. The quantitative estimate of drug-likeness (QED) is 0.753. The molecule has 0 radical (unpaired) electrons. The van der Waals surface area contributed by atoms with Crippen LogP contribution in [0.25, 0.3) is 10.9 Å². The lowest BCUT2D eigenvalue weighted by molar-refractivity contribution is 0.0594. The standard InChI is InChI=1S/C17H13NO3S/c1-21-17(20)15-10-16(19)13-8-7-12(9-14(13)18-15)22-11-5-3-2-4-6-11/h2-10H,1H3,(H,18,19). The summed E-state index contributed by atoms with van der Waals surface area (Å²) in [4.78, 5) is 28.7. The van der Waals surface area contributed by atoms with Crippen molar-refractivity contribution in [2.75, 3.05) is 7.11 Å². The normalized spacial score (nSPS) is 10.6. The zero-order valence-corrected chi connectivity index (χ0v) is 12.6. The lowest BCUT2D eigenvalue weighted by Crippen LogP contribution is -2.11. The first kappa shape index (κ1) is 14.4. The van der Waals surface area contributed by atoms with Gasteiger partial charge in [0.15, 0.2) is 5.43 Å². The Balaban J connectivity index is 2.04.